The van der Waals surface area contributed by atoms with Crippen molar-refractivity contribution in [1.29, 1.82) is 0 Å². The summed E-state index contributed by atoms with van der Waals surface area (Å²) in [6, 6.07) is 10.7. The molecule has 3 rings (SSSR count). The molecule has 0 aromatic heterocycles. The summed E-state index contributed by atoms with van der Waals surface area (Å²) in [4.78, 5) is 28.4. The summed E-state index contributed by atoms with van der Waals surface area (Å²) in [6.45, 7) is 2.33. The van der Waals surface area contributed by atoms with Crippen molar-refractivity contribution in [3.63, 3.8) is 0 Å². The largest absolute Gasteiger partial charge is 0.347 e. The molecule has 0 radical (unpaired) electrons. The number of halogens is 1. The molecule has 0 unspecified atom stereocenters. The van der Waals surface area contributed by atoms with Gasteiger partial charge in [0.1, 0.15) is 6.04 Å². The monoisotopic (exact) mass is 493 g/mol. The summed E-state index contributed by atoms with van der Waals surface area (Å²) in [5.74, 6) is -0.475. The third kappa shape index (κ3) is 4.67. The van der Waals surface area contributed by atoms with E-state index < -0.39 is 16.1 Å². The van der Waals surface area contributed by atoms with Crippen LogP contribution in [0.1, 0.15) is 28.8 Å². The molecular formula is C21H24BrN3O4S. The Morgan fingerprint density at radius 3 is 2.60 bits per heavy atom. The number of carbonyl (C=O) groups is 2. The van der Waals surface area contributed by atoms with Gasteiger partial charge < -0.3 is 9.80 Å². The molecule has 1 heterocycles. The number of rotatable bonds is 5. The van der Waals surface area contributed by atoms with Crippen LogP contribution in [0, 0.1) is 6.92 Å². The number of amides is 2. The summed E-state index contributed by atoms with van der Waals surface area (Å²) in [5.41, 5.74) is 1.56. The van der Waals surface area contributed by atoms with Gasteiger partial charge in [-0.2, -0.15) is 0 Å². The maximum Gasteiger partial charge on any atom is 0.261 e. The van der Waals surface area contributed by atoms with E-state index in [-0.39, 0.29) is 22.3 Å². The topological polar surface area (TPSA) is 86.8 Å². The van der Waals surface area contributed by atoms with E-state index in [4.69, 9.17) is 0 Å². The van der Waals surface area contributed by atoms with E-state index in [9.17, 15) is 18.0 Å². The maximum absolute atomic E-state index is 13.1. The highest BCUT2D eigenvalue weighted by Gasteiger charge is 2.35. The Hall–Kier alpha value is -2.39. The van der Waals surface area contributed by atoms with Crippen molar-refractivity contribution < 1.29 is 18.0 Å². The molecule has 0 saturated carbocycles. The van der Waals surface area contributed by atoms with Crippen LogP contribution in [-0.4, -0.2) is 56.7 Å². The number of likely N-dealkylation sites (N-methyl/N-ethyl adjacent to an activating group) is 1. The normalized spacial score (nSPS) is 16.4. The minimum absolute atomic E-state index is 0.0172. The Bertz CT molecular complexity index is 1090. The number of aryl methyl sites for hydroxylation is 1. The zero-order chi connectivity index (χ0) is 22.1. The van der Waals surface area contributed by atoms with E-state index in [0.717, 1.165) is 12.0 Å². The molecule has 0 aliphatic carbocycles. The van der Waals surface area contributed by atoms with Gasteiger partial charge in [-0.3, -0.25) is 14.3 Å². The Labute approximate surface area is 185 Å². The molecule has 160 valence electrons. The standard InChI is InChI=1S/C21H24BrN3O4S/c1-14-9-10-17(22)18(12-14)23-30(28,29)16-7-4-6-15(13-16)20(26)25-11-5-8-19(25)21(27)24(2)3/h4,6-7,9-10,12-13,19,23H,5,8,11H2,1-3H3/t19-/m0/s1. The van der Waals surface area contributed by atoms with Crippen molar-refractivity contribution in [2.45, 2.75) is 30.7 Å². The molecule has 1 aliphatic heterocycles. The number of anilines is 1. The summed E-state index contributed by atoms with van der Waals surface area (Å²) in [7, 11) is -0.585. The zero-order valence-corrected chi connectivity index (χ0v) is 19.5. The fourth-order valence-corrected chi connectivity index (χ4v) is 5.04. The molecule has 9 heteroatoms. The van der Waals surface area contributed by atoms with E-state index >= 15 is 0 Å². The van der Waals surface area contributed by atoms with E-state index in [1.54, 1.807) is 32.3 Å². The van der Waals surface area contributed by atoms with Gasteiger partial charge in [0.25, 0.3) is 15.9 Å². The van der Waals surface area contributed by atoms with Gasteiger partial charge in [0.15, 0.2) is 0 Å². The highest BCUT2D eigenvalue weighted by Crippen LogP contribution is 2.27. The highest BCUT2D eigenvalue weighted by atomic mass is 79.9. The molecule has 1 N–H and O–H groups in total. The minimum Gasteiger partial charge on any atom is -0.347 e. The first-order valence-electron chi connectivity index (χ1n) is 9.51. The minimum atomic E-state index is -3.90. The predicted octanol–water partition coefficient (Wildman–Crippen LogP) is 3.25. The molecule has 7 nitrogen and oxygen atoms in total. The first kappa shape index (κ1) is 22.3. The van der Waals surface area contributed by atoms with Crippen molar-refractivity contribution >= 4 is 43.5 Å². The summed E-state index contributed by atoms with van der Waals surface area (Å²) >= 11 is 3.35. The van der Waals surface area contributed by atoms with Crippen LogP contribution < -0.4 is 4.72 Å². The molecule has 2 aromatic rings. The molecule has 1 saturated heterocycles. The number of benzene rings is 2. The number of likely N-dealkylation sites (tertiary alicyclic amines) is 1. The molecule has 2 amide bonds. The molecule has 0 bridgehead atoms. The third-order valence-electron chi connectivity index (χ3n) is 5.00. The first-order chi connectivity index (χ1) is 14.1. The van der Waals surface area contributed by atoms with Gasteiger partial charge in [-0.05, 0) is 71.6 Å². The fraction of sp³-hybridized carbons (Fsp3) is 0.333. The van der Waals surface area contributed by atoms with Crippen LogP contribution in [0.15, 0.2) is 51.8 Å². The molecular weight excluding hydrogens is 470 g/mol. The number of nitrogens with zero attached hydrogens (tertiary/aromatic N) is 2. The lowest BCUT2D eigenvalue weighted by atomic mass is 10.1. The first-order valence-corrected chi connectivity index (χ1v) is 11.8. The van der Waals surface area contributed by atoms with Crippen LogP contribution in [0.25, 0.3) is 0 Å². The quantitative estimate of drug-likeness (QED) is 0.692. The van der Waals surface area contributed by atoms with Gasteiger partial charge in [0.05, 0.1) is 10.6 Å². The van der Waals surface area contributed by atoms with Crippen molar-refractivity contribution in [1.82, 2.24) is 9.80 Å². The number of hydrogen-bond donors (Lipinski definition) is 1. The van der Waals surface area contributed by atoms with Crippen LogP contribution in [-0.2, 0) is 14.8 Å². The predicted molar refractivity (Wildman–Crippen MR) is 119 cm³/mol. The third-order valence-corrected chi connectivity index (χ3v) is 7.05. The summed E-state index contributed by atoms with van der Waals surface area (Å²) in [6.07, 6.45) is 1.33. The number of hydrogen-bond acceptors (Lipinski definition) is 4. The molecule has 1 atom stereocenters. The second-order valence-corrected chi connectivity index (χ2v) is 10.0. The van der Waals surface area contributed by atoms with Gasteiger partial charge >= 0.3 is 0 Å². The van der Waals surface area contributed by atoms with Gasteiger partial charge in [0, 0.05) is 30.7 Å². The van der Waals surface area contributed by atoms with Crippen LogP contribution in [0.3, 0.4) is 0 Å². The van der Waals surface area contributed by atoms with Crippen LogP contribution >= 0.6 is 15.9 Å². The van der Waals surface area contributed by atoms with Crippen molar-refractivity contribution in [2.75, 3.05) is 25.4 Å². The van der Waals surface area contributed by atoms with E-state index in [2.05, 4.69) is 20.7 Å². The van der Waals surface area contributed by atoms with E-state index in [1.165, 1.54) is 28.0 Å². The van der Waals surface area contributed by atoms with E-state index in [0.29, 0.717) is 23.1 Å². The number of carbonyl (C=O) groups excluding carboxylic acids is 2. The SMILES string of the molecule is Cc1ccc(Br)c(NS(=O)(=O)c2cccc(C(=O)N3CCC[C@H]3C(=O)N(C)C)c2)c1. The average molecular weight is 494 g/mol. The Morgan fingerprint density at radius 1 is 1.17 bits per heavy atom. The van der Waals surface area contributed by atoms with Crippen molar-refractivity contribution in [3.05, 3.63) is 58.1 Å². The second kappa shape index (κ2) is 8.77. The van der Waals surface area contributed by atoms with Gasteiger partial charge in [-0.15, -0.1) is 0 Å². The lowest BCUT2D eigenvalue weighted by Crippen LogP contribution is -2.45. The van der Waals surface area contributed by atoms with E-state index in [1.807, 2.05) is 13.0 Å². The van der Waals surface area contributed by atoms with Gasteiger partial charge in [-0.25, -0.2) is 8.42 Å². The fourth-order valence-electron chi connectivity index (χ4n) is 3.45. The Morgan fingerprint density at radius 2 is 1.90 bits per heavy atom. The Balaban J connectivity index is 1.87. The van der Waals surface area contributed by atoms with Crippen molar-refractivity contribution in [3.8, 4) is 0 Å². The lowest BCUT2D eigenvalue weighted by Gasteiger charge is -2.26. The summed E-state index contributed by atoms with van der Waals surface area (Å²) < 4.78 is 29.0. The smallest absolute Gasteiger partial charge is 0.261 e. The molecule has 2 aromatic carbocycles. The number of nitrogens with one attached hydrogen (secondary N) is 1. The van der Waals surface area contributed by atoms with Crippen LogP contribution in [0.5, 0.6) is 0 Å². The Kier molecular flexibility index (Phi) is 6.52. The average Bonchev–Trinajstić information content (AvgIpc) is 3.19. The van der Waals surface area contributed by atoms with Crippen molar-refractivity contribution in [2.24, 2.45) is 0 Å². The lowest BCUT2D eigenvalue weighted by molar-refractivity contribution is -0.132. The van der Waals surface area contributed by atoms with Crippen LogP contribution in [0.4, 0.5) is 5.69 Å². The number of sulfonamides is 1. The maximum atomic E-state index is 13.1. The molecule has 1 aliphatic rings. The molecule has 1 fully saturated rings. The molecule has 0 spiro atoms. The zero-order valence-electron chi connectivity index (χ0n) is 17.1. The summed E-state index contributed by atoms with van der Waals surface area (Å²) in [5, 5.41) is 0. The van der Waals surface area contributed by atoms with Gasteiger partial charge in [0.2, 0.25) is 5.91 Å². The van der Waals surface area contributed by atoms with Gasteiger partial charge in [-0.1, -0.05) is 12.1 Å². The van der Waals surface area contributed by atoms with Crippen LogP contribution in [0.2, 0.25) is 0 Å². The molecule has 30 heavy (non-hydrogen) atoms. The highest BCUT2D eigenvalue weighted by molar-refractivity contribution is 9.10. The second-order valence-electron chi connectivity index (χ2n) is 7.51.